The Bertz CT molecular complexity index is 1530. The van der Waals surface area contributed by atoms with Crippen molar-refractivity contribution >= 4 is 11.4 Å². The second-order valence-corrected chi connectivity index (χ2v) is 15.7. The van der Waals surface area contributed by atoms with Gasteiger partial charge in [0.25, 0.3) is 11.4 Å². The van der Waals surface area contributed by atoms with E-state index in [4.69, 9.17) is 0 Å². The Morgan fingerprint density at radius 2 is 0.841 bits per heavy atom. The maximum atomic E-state index is 13.0. The first kappa shape index (κ1) is 27.6. The molecule has 44 heavy (non-hydrogen) atoms. The number of hydrogen-bond donors (Lipinski definition) is 0. The predicted octanol–water partition coefficient (Wildman–Crippen LogP) is 6.68. The van der Waals surface area contributed by atoms with E-state index in [0.717, 1.165) is 36.8 Å². The van der Waals surface area contributed by atoms with Gasteiger partial charge in [-0.1, -0.05) is 24.3 Å². The van der Waals surface area contributed by atoms with Gasteiger partial charge in [0.2, 0.25) is 11.1 Å². The van der Waals surface area contributed by atoms with Gasteiger partial charge in [-0.2, -0.15) is 0 Å². The van der Waals surface area contributed by atoms with Crippen molar-refractivity contribution in [3.63, 3.8) is 0 Å². The predicted molar refractivity (Wildman–Crippen MR) is 156 cm³/mol. The lowest BCUT2D eigenvalue weighted by Crippen LogP contribution is -2.73. The number of benzene rings is 2. The summed E-state index contributed by atoms with van der Waals surface area (Å²) in [5.41, 5.74) is -2.49. The smallest absolute Gasteiger partial charge is 0.264 e. The molecule has 0 radical (unpaired) electrons. The van der Waals surface area contributed by atoms with Crippen molar-refractivity contribution in [3.8, 4) is 0 Å². The quantitative estimate of drug-likeness (QED) is 0.249. The van der Waals surface area contributed by atoms with Gasteiger partial charge in [-0.15, -0.1) is 0 Å². The molecule has 12 nitrogen and oxygen atoms in total. The zero-order valence-electron chi connectivity index (χ0n) is 24.3. The Hall–Kier alpha value is -3.96. The summed E-state index contributed by atoms with van der Waals surface area (Å²) in [5, 5.41) is 48.9. The maximum absolute atomic E-state index is 13.0. The van der Waals surface area contributed by atoms with E-state index in [-0.39, 0.29) is 33.1 Å². The molecule has 2 aromatic rings. The van der Waals surface area contributed by atoms with Crippen LogP contribution in [0, 0.1) is 63.1 Å². The molecule has 0 aromatic heterocycles. The van der Waals surface area contributed by atoms with Gasteiger partial charge in [0.1, 0.15) is 0 Å². The van der Waals surface area contributed by atoms with Crippen LogP contribution in [0.2, 0.25) is 0 Å². The average molecular weight is 603 g/mol. The molecule has 0 amide bonds. The van der Waals surface area contributed by atoms with E-state index in [1.807, 2.05) is 0 Å². The average Bonchev–Trinajstić information content (AvgIpc) is 2.96. The fourth-order valence-corrected chi connectivity index (χ4v) is 12.9. The maximum Gasteiger partial charge on any atom is 0.269 e. The molecule has 0 saturated heterocycles. The molecule has 10 rings (SSSR count). The van der Waals surface area contributed by atoms with Crippen LogP contribution in [0.5, 0.6) is 0 Å². The van der Waals surface area contributed by atoms with Crippen LogP contribution in [0.1, 0.15) is 88.2 Å². The second-order valence-electron chi connectivity index (χ2n) is 15.7. The summed E-state index contributed by atoms with van der Waals surface area (Å²) in [7, 11) is 0. The molecule has 8 fully saturated rings. The molecular weight excluding hydrogens is 568 g/mol. The normalized spacial score (nSPS) is 42.7. The Morgan fingerprint density at radius 1 is 0.477 bits per heavy atom. The standard InChI is InChI=1S/C32H34N4O8/c37-33(38)25-5-1-23(2-6-25)27-9-21-11-29(15-27,19-31(13-21,17-27)35(41)42)30-12-22-10-28(16-30,18-32(14-22,20-30)36(43)44)24-3-7-26(8-4-24)34(39)40/h1-8,21-22H,9-20H2. The third-order valence-electron chi connectivity index (χ3n) is 13.4. The lowest BCUT2D eigenvalue weighted by Gasteiger charge is -2.74. The highest BCUT2D eigenvalue weighted by Gasteiger charge is 2.79. The molecular formula is C32H34N4O8. The van der Waals surface area contributed by atoms with E-state index in [9.17, 15) is 40.5 Å². The molecule has 0 spiro atoms. The summed E-state index contributed by atoms with van der Waals surface area (Å²) >= 11 is 0. The van der Waals surface area contributed by atoms with E-state index < -0.39 is 42.6 Å². The van der Waals surface area contributed by atoms with Crippen LogP contribution in [0.3, 0.4) is 0 Å². The summed E-state index contributed by atoms with van der Waals surface area (Å²) < 4.78 is 0. The van der Waals surface area contributed by atoms with Crippen molar-refractivity contribution in [2.45, 2.75) is 99.0 Å². The molecule has 8 aliphatic carbocycles. The highest BCUT2D eigenvalue weighted by atomic mass is 16.6. The SMILES string of the molecule is O=[N+]([O-])c1ccc(C23CC4CC([N+](=O)[O-])(C2)CC(C25CC6CC(c7ccc([N+](=O)[O-])cc7)(CC([N+](=O)[O-])(C6)C2)C5)(C4)C3)cc1. The van der Waals surface area contributed by atoms with Crippen molar-refractivity contribution in [1.29, 1.82) is 0 Å². The Balaban J connectivity index is 1.29. The van der Waals surface area contributed by atoms with Gasteiger partial charge in [-0.25, -0.2) is 0 Å². The fraction of sp³-hybridized carbons (Fsp3) is 0.625. The molecule has 2 aromatic carbocycles. The molecule has 8 saturated carbocycles. The van der Waals surface area contributed by atoms with E-state index in [0.29, 0.717) is 51.4 Å². The first-order chi connectivity index (χ1) is 20.8. The van der Waals surface area contributed by atoms with Gasteiger partial charge in [-0.3, -0.25) is 40.5 Å². The second kappa shape index (κ2) is 8.39. The minimum absolute atomic E-state index is 0.0174. The number of nitro groups is 4. The van der Waals surface area contributed by atoms with E-state index >= 15 is 0 Å². The molecule has 8 bridgehead atoms. The lowest BCUT2D eigenvalue weighted by atomic mass is 9.29. The largest absolute Gasteiger partial charge is 0.269 e. The molecule has 12 heteroatoms. The number of hydrogen-bond acceptors (Lipinski definition) is 8. The molecule has 230 valence electrons. The minimum Gasteiger partial charge on any atom is -0.264 e. The molecule has 0 aliphatic heterocycles. The third kappa shape index (κ3) is 3.45. The zero-order valence-corrected chi connectivity index (χ0v) is 24.3. The molecule has 8 unspecified atom stereocenters. The van der Waals surface area contributed by atoms with Gasteiger partial charge < -0.3 is 0 Å². The molecule has 0 N–H and O–H groups in total. The molecule has 8 aliphatic rings. The van der Waals surface area contributed by atoms with Crippen LogP contribution in [0.15, 0.2) is 48.5 Å². The van der Waals surface area contributed by atoms with Crippen LogP contribution >= 0.6 is 0 Å². The molecule has 8 atom stereocenters. The van der Waals surface area contributed by atoms with Crippen molar-refractivity contribution < 1.29 is 19.7 Å². The number of non-ortho nitro benzene ring substituents is 2. The molecule has 0 heterocycles. The monoisotopic (exact) mass is 602 g/mol. The Kier molecular flexibility index (Phi) is 5.26. The van der Waals surface area contributed by atoms with Gasteiger partial charge in [0.15, 0.2) is 0 Å². The Morgan fingerprint density at radius 3 is 1.16 bits per heavy atom. The van der Waals surface area contributed by atoms with Crippen LogP contribution in [0.25, 0.3) is 0 Å². The van der Waals surface area contributed by atoms with Gasteiger partial charge in [0.05, 0.1) is 9.85 Å². The highest BCUT2D eigenvalue weighted by Crippen LogP contribution is 2.80. The first-order valence-electron chi connectivity index (χ1n) is 15.6. The van der Waals surface area contributed by atoms with Crippen molar-refractivity contribution in [2.24, 2.45) is 22.7 Å². The van der Waals surface area contributed by atoms with Crippen LogP contribution < -0.4 is 0 Å². The van der Waals surface area contributed by atoms with Gasteiger partial charge in [0, 0.05) is 83.5 Å². The minimum atomic E-state index is -1.13. The highest BCUT2D eigenvalue weighted by molar-refractivity contribution is 5.42. The summed E-state index contributed by atoms with van der Waals surface area (Å²) in [4.78, 5) is 47.9. The number of nitro benzene ring substituents is 2. The Labute approximate surface area is 252 Å². The first-order valence-corrected chi connectivity index (χ1v) is 15.6. The van der Waals surface area contributed by atoms with Crippen molar-refractivity contribution in [1.82, 2.24) is 0 Å². The van der Waals surface area contributed by atoms with Crippen molar-refractivity contribution in [2.75, 3.05) is 0 Å². The summed E-state index contributed by atoms with van der Waals surface area (Å²) in [6.45, 7) is 0. The summed E-state index contributed by atoms with van der Waals surface area (Å²) in [6.07, 6.45) is 7.19. The fourth-order valence-electron chi connectivity index (χ4n) is 12.9. The van der Waals surface area contributed by atoms with Crippen LogP contribution in [-0.4, -0.2) is 30.8 Å². The van der Waals surface area contributed by atoms with E-state index in [1.54, 1.807) is 24.3 Å². The lowest BCUT2D eigenvalue weighted by molar-refractivity contribution is -0.606. The summed E-state index contributed by atoms with van der Waals surface area (Å²) in [5.74, 6) is 0.198. The van der Waals surface area contributed by atoms with E-state index in [1.165, 1.54) is 24.3 Å². The van der Waals surface area contributed by atoms with E-state index in [2.05, 4.69) is 0 Å². The van der Waals surface area contributed by atoms with Gasteiger partial charge >= 0.3 is 0 Å². The van der Waals surface area contributed by atoms with Crippen LogP contribution in [-0.2, 0) is 10.8 Å². The van der Waals surface area contributed by atoms with Crippen molar-refractivity contribution in [3.05, 3.63) is 100 Å². The van der Waals surface area contributed by atoms with Gasteiger partial charge in [-0.05, 0) is 72.3 Å². The number of nitrogens with zero attached hydrogens (tertiary/aromatic N) is 4. The number of rotatable bonds is 7. The summed E-state index contributed by atoms with van der Waals surface area (Å²) in [6, 6.07) is 13.1. The topological polar surface area (TPSA) is 173 Å². The third-order valence-corrected chi connectivity index (χ3v) is 13.4. The van der Waals surface area contributed by atoms with Crippen LogP contribution in [0.4, 0.5) is 11.4 Å². The zero-order chi connectivity index (χ0) is 30.9.